The number of hydrogen-bond donors (Lipinski definition) is 1. The number of rotatable bonds is 5. The van der Waals surface area contributed by atoms with Crippen molar-refractivity contribution in [2.45, 2.75) is 58.8 Å². The summed E-state index contributed by atoms with van der Waals surface area (Å²) in [6.45, 7) is 6.20. The predicted octanol–water partition coefficient (Wildman–Crippen LogP) is 2.46. The zero-order valence-electron chi connectivity index (χ0n) is 16.4. The highest BCUT2D eigenvalue weighted by Gasteiger charge is 2.32. The molecule has 2 fully saturated rings. The monoisotopic (exact) mass is 360 g/mol. The summed E-state index contributed by atoms with van der Waals surface area (Å²) in [6, 6.07) is 0. The van der Waals surface area contributed by atoms with Crippen molar-refractivity contribution in [2.75, 3.05) is 26.7 Å². The molecule has 0 aromatic carbocycles. The fraction of sp³-hybridized carbons (Fsp3) is 0.750. The maximum absolute atomic E-state index is 12.8. The van der Waals surface area contributed by atoms with Crippen LogP contribution in [0, 0.1) is 25.7 Å². The summed E-state index contributed by atoms with van der Waals surface area (Å²) in [5.41, 5.74) is 3.31. The van der Waals surface area contributed by atoms with E-state index in [9.17, 15) is 9.59 Å². The van der Waals surface area contributed by atoms with Gasteiger partial charge in [-0.1, -0.05) is 12.8 Å². The summed E-state index contributed by atoms with van der Waals surface area (Å²) in [7, 11) is 1.89. The van der Waals surface area contributed by atoms with Crippen molar-refractivity contribution < 1.29 is 9.59 Å². The summed E-state index contributed by atoms with van der Waals surface area (Å²) in [4.78, 5) is 29.1. The summed E-state index contributed by atoms with van der Waals surface area (Å²) < 4.78 is 0. The number of nitrogens with one attached hydrogen (secondary N) is 1. The largest absolute Gasteiger partial charge is 0.345 e. The average molecular weight is 361 g/mol. The number of H-pyrrole nitrogens is 1. The standard InChI is InChI=1S/C20H32N4O2/c1-14-18(15(2)22-21-14)10-11-23(3)19(25)17-8-12-24(13-9-17)20(26)16-6-4-5-7-16/h16-17H,4-13H2,1-3H3,(H,21,22). The van der Waals surface area contributed by atoms with Gasteiger partial charge in [0, 0.05) is 44.2 Å². The lowest BCUT2D eigenvalue weighted by molar-refractivity contribution is -0.141. The van der Waals surface area contributed by atoms with Crippen molar-refractivity contribution in [3.8, 4) is 0 Å². The number of aromatic amines is 1. The first-order valence-electron chi connectivity index (χ1n) is 10.0. The maximum Gasteiger partial charge on any atom is 0.225 e. The molecular formula is C20H32N4O2. The fourth-order valence-corrected chi connectivity index (χ4v) is 4.42. The van der Waals surface area contributed by atoms with Crippen LogP contribution in [-0.2, 0) is 16.0 Å². The zero-order valence-corrected chi connectivity index (χ0v) is 16.4. The summed E-state index contributed by atoms with van der Waals surface area (Å²) in [5, 5.41) is 7.22. The molecule has 26 heavy (non-hydrogen) atoms. The lowest BCUT2D eigenvalue weighted by Gasteiger charge is -2.34. The van der Waals surface area contributed by atoms with Gasteiger partial charge in [-0.25, -0.2) is 0 Å². The van der Waals surface area contributed by atoms with E-state index in [1.807, 2.05) is 30.7 Å². The van der Waals surface area contributed by atoms with E-state index in [1.165, 1.54) is 18.4 Å². The van der Waals surface area contributed by atoms with Gasteiger partial charge in [0.1, 0.15) is 0 Å². The Bertz CT molecular complexity index is 621. The number of carbonyl (C=O) groups excluding carboxylic acids is 2. The molecule has 2 amide bonds. The molecule has 1 saturated carbocycles. The molecular weight excluding hydrogens is 328 g/mol. The van der Waals surface area contributed by atoms with E-state index in [4.69, 9.17) is 0 Å². The second-order valence-electron chi connectivity index (χ2n) is 8.00. The lowest BCUT2D eigenvalue weighted by Crippen LogP contribution is -2.45. The Morgan fingerprint density at radius 3 is 2.35 bits per heavy atom. The van der Waals surface area contributed by atoms with Gasteiger partial charge in [0.25, 0.3) is 0 Å². The van der Waals surface area contributed by atoms with E-state index < -0.39 is 0 Å². The Hall–Kier alpha value is -1.85. The van der Waals surface area contributed by atoms with Crippen molar-refractivity contribution in [1.82, 2.24) is 20.0 Å². The molecule has 0 unspecified atom stereocenters. The third-order valence-corrected chi connectivity index (χ3v) is 6.21. The number of hydrogen-bond acceptors (Lipinski definition) is 3. The minimum atomic E-state index is 0.0548. The average Bonchev–Trinajstić information content (AvgIpc) is 3.29. The molecule has 1 aromatic rings. The van der Waals surface area contributed by atoms with Crippen molar-refractivity contribution in [2.24, 2.45) is 11.8 Å². The Kier molecular flexibility index (Phi) is 5.99. The summed E-state index contributed by atoms with van der Waals surface area (Å²) in [6.07, 6.45) is 6.89. The topological polar surface area (TPSA) is 69.3 Å². The lowest BCUT2D eigenvalue weighted by atomic mass is 9.94. The predicted molar refractivity (Wildman–Crippen MR) is 101 cm³/mol. The molecule has 1 aliphatic carbocycles. The number of carbonyl (C=O) groups is 2. The molecule has 0 bridgehead atoms. The molecule has 144 valence electrons. The SMILES string of the molecule is Cc1n[nH]c(C)c1CCN(C)C(=O)C1CCN(C(=O)C2CCCC2)CC1. The minimum absolute atomic E-state index is 0.0548. The number of nitrogens with zero attached hydrogens (tertiary/aromatic N) is 3. The van der Waals surface area contributed by atoms with E-state index in [-0.39, 0.29) is 17.7 Å². The Morgan fingerprint density at radius 1 is 1.12 bits per heavy atom. The molecule has 6 heteroatoms. The normalized spacial score (nSPS) is 19.1. The molecule has 2 aliphatic rings. The molecule has 1 N–H and O–H groups in total. The third-order valence-electron chi connectivity index (χ3n) is 6.21. The first kappa shape index (κ1) is 18.9. The van der Waals surface area contributed by atoms with Crippen molar-refractivity contribution in [1.29, 1.82) is 0 Å². The minimum Gasteiger partial charge on any atom is -0.345 e. The van der Waals surface area contributed by atoms with E-state index in [0.717, 1.165) is 56.6 Å². The van der Waals surface area contributed by atoms with Crippen LogP contribution in [0.25, 0.3) is 0 Å². The van der Waals surface area contributed by atoms with Gasteiger partial charge in [-0.3, -0.25) is 14.7 Å². The second-order valence-corrected chi connectivity index (χ2v) is 8.00. The summed E-state index contributed by atoms with van der Waals surface area (Å²) in [5.74, 6) is 0.843. The van der Waals surface area contributed by atoms with Gasteiger partial charge < -0.3 is 9.80 Å². The Morgan fingerprint density at radius 2 is 1.77 bits per heavy atom. The van der Waals surface area contributed by atoms with Gasteiger partial charge in [0.05, 0.1) is 5.69 Å². The van der Waals surface area contributed by atoms with Gasteiger partial charge >= 0.3 is 0 Å². The Balaban J connectivity index is 1.46. The van der Waals surface area contributed by atoms with Crippen LogP contribution in [0.1, 0.15) is 55.5 Å². The van der Waals surface area contributed by atoms with Gasteiger partial charge in [-0.05, 0) is 51.5 Å². The van der Waals surface area contributed by atoms with E-state index >= 15 is 0 Å². The molecule has 2 heterocycles. The second kappa shape index (κ2) is 8.23. The van der Waals surface area contributed by atoms with Gasteiger partial charge in [-0.2, -0.15) is 5.10 Å². The van der Waals surface area contributed by atoms with Crippen LogP contribution in [0.5, 0.6) is 0 Å². The fourth-order valence-electron chi connectivity index (χ4n) is 4.42. The smallest absolute Gasteiger partial charge is 0.225 e. The molecule has 1 saturated heterocycles. The highest BCUT2D eigenvalue weighted by atomic mass is 16.2. The molecule has 0 radical (unpaired) electrons. The van der Waals surface area contributed by atoms with Crippen LogP contribution in [0.2, 0.25) is 0 Å². The number of amides is 2. The first-order valence-corrected chi connectivity index (χ1v) is 10.0. The number of likely N-dealkylation sites (N-methyl/N-ethyl adjacent to an activating group) is 1. The van der Waals surface area contributed by atoms with Gasteiger partial charge in [0.15, 0.2) is 0 Å². The molecule has 6 nitrogen and oxygen atoms in total. The van der Waals surface area contributed by atoms with Crippen LogP contribution >= 0.6 is 0 Å². The van der Waals surface area contributed by atoms with Crippen LogP contribution in [0.4, 0.5) is 0 Å². The first-order chi connectivity index (χ1) is 12.5. The van der Waals surface area contributed by atoms with Crippen LogP contribution in [0.15, 0.2) is 0 Å². The van der Waals surface area contributed by atoms with E-state index in [2.05, 4.69) is 10.2 Å². The summed E-state index contributed by atoms with van der Waals surface area (Å²) >= 11 is 0. The molecule has 3 rings (SSSR count). The highest BCUT2D eigenvalue weighted by molar-refractivity contribution is 5.81. The van der Waals surface area contributed by atoms with E-state index in [0.29, 0.717) is 12.5 Å². The van der Waals surface area contributed by atoms with Crippen molar-refractivity contribution in [3.05, 3.63) is 17.0 Å². The number of likely N-dealkylation sites (tertiary alicyclic amines) is 1. The number of piperidine rings is 1. The zero-order chi connectivity index (χ0) is 18.7. The third kappa shape index (κ3) is 4.10. The number of aryl methyl sites for hydroxylation is 2. The molecule has 1 aliphatic heterocycles. The molecule has 1 aromatic heterocycles. The number of aromatic nitrogens is 2. The Labute approximate surface area is 156 Å². The molecule has 0 atom stereocenters. The van der Waals surface area contributed by atoms with Gasteiger partial charge in [-0.15, -0.1) is 0 Å². The molecule has 0 spiro atoms. The van der Waals surface area contributed by atoms with Crippen molar-refractivity contribution >= 4 is 11.8 Å². The van der Waals surface area contributed by atoms with Crippen molar-refractivity contribution in [3.63, 3.8) is 0 Å². The quantitative estimate of drug-likeness (QED) is 0.877. The van der Waals surface area contributed by atoms with Crippen LogP contribution < -0.4 is 0 Å². The highest BCUT2D eigenvalue weighted by Crippen LogP contribution is 2.29. The van der Waals surface area contributed by atoms with E-state index in [1.54, 1.807) is 0 Å². The van der Waals surface area contributed by atoms with Gasteiger partial charge in [0.2, 0.25) is 11.8 Å². The van der Waals surface area contributed by atoms with Crippen LogP contribution in [-0.4, -0.2) is 58.5 Å². The maximum atomic E-state index is 12.8. The van der Waals surface area contributed by atoms with Crippen LogP contribution in [0.3, 0.4) is 0 Å².